The number of hydrogen-bond donors (Lipinski definition) is 1. The van der Waals surface area contributed by atoms with Crippen molar-refractivity contribution in [1.29, 1.82) is 0 Å². The highest BCUT2D eigenvalue weighted by Crippen LogP contribution is 2.23. The van der Waals surface area contributed by atoms with Gasteiger partial charge in [0.1, 0.15) is 0 Å². The lowest BCUT2D eigenvalue weighted by atomic mass is 10.0. The minimum absolute atomic E-state index is 0.209. The Morgan fingerprint density at radius 2 is 2.12 bits per heavy atom. The molecule has 2 nitrogen and oxygen atoms in total. The largest absolute Gasteiger partial charge is 0.359 e. The van der Waals surface area contributed by atoms with Crippen molar-refractivity contribution in [3.8, 4) is 0 Å². The SMILES string of the molecule is Cc1cc(Cl)ccc1NC1=CC(=O)CCC1. The van der Waals surface area contributed by atoms with Gasteiger partial charge in [-0.25, -0.2) is 0 Å². The number of benzene rings is 1. The maximum Gasteiger partial charge on any atom is 0.157 e. The third-order valence-corrected chi connectivity index (χ3v) is 2.92. The molecule has 3 heteroatoms. The summed E-state index contributed by atoms with van der Waals surface area (Å²) in [4.78, 5) is 11.3. The summed E-state index contributed by atoms with van der Waals surface area (Å²) in [5, 5.41) is 4.02. The molecule has 0 aromatic heterocycles. The van der Waals surface area contributed by atoms with E-state index >= 15 is 0 Å². The van der Waals surface area contributed by atoms with Crippen LogP contribution in [0.3, 0.4) is 0 Å². The Balaban J connectivity index is 2.17. The van der Waals surface area contributed by atoms with Gasteiger partial charge in [0.15, 0.2) is 5.78 Å². The standard InChI is InChI=1S/C13H14ClNO/c1-9-7-10(14)5-6-13(9)15-11-3-2-4-12(16)8-11/h5-8,15H,2-4H2,1H3. The Hall–Kier alpha value is -1.28. The van der Waals surface area contributed by atoms with Crippen molar-refractivity contribution in [2.45, 2.75) is 26.2 Å². The van der Waals surface area contributed by atoms with Crippen LogP contribution in [0.1, 0.15) is 24.8 Å². The molecule has 0 spiro atoms. The molecule has 1 aromatic rings. The van der Waals surface area contributed by atoms with Gasteiger partial charge in [0.25, 0.3) is 0 Å². The molecule has 0 amide bonds. The van der Waals surface area contributed by atoms with E-state index in [0.717, 1.165) is 34.8 Å². The van der Waals surface area contributed by atoms with Gasteiger partial charge < -0.3 is 5.32 Å². The number of anilines is 1. The summed E-state index contributed by atoms with van der Waals surface area (Å²) in [5.41, 5.74) is 3.11. The molecule has 84 valence electrons. The summed E-state index contributed by atoms with van der Waals surface area (Å²) < 4.78 is 0. The zero-order valence-electron chi connectivity index (χ0n) is 9.22. The quantitative estimate of drug-likeness (QED) is 0.847. The molecule has 16 heavy (non-hydrogen) atoms. The van der Waals surface area contributed by atoms with E-state index in [1.54, 1.807) is 6.08 Å². The first-order valence-electron chi connectivity index (χ1n) is 5.42. The van der Waals surface area contributed by atoms with Crippen LogP contribution in [0.15, 0.2) is 30.0 Å². The highest BCUT2D eigenvalue weighted by molar-refractivity contribution is 6.30. The zero-order valence-corrected chi connectivity index (χ0v) is 9.97. The maximum absolute atomic E-state index is 11.3. The van der Waals surface area contributed by atoms with E-state index in [2.05, 4.69) is 5.32 Å². The van der Waals surface area contributed by atoms with Crippen molar-refractivity contribution < 1.29 is 4.79 Å². The molecule has 0 atom stereocenters. The van der Waals surface area contributed by atoms with E-state index in [0.29, 0.717) is 6.42 Å². The van der Waals surface area contributed by atoms with Gasteiger partial charge in [0.2, 0.25) is 0 Å². The van der Waals surface area contributed by atoms with Crippen LogP contribution in [-0.4, -0.2) is 5.78 Å². The lowest BCUT2D eigenvalue weighted by Crippen LogP contribution is -2.09. The van der Waals surface area contributed by atoms with Crippen LogP contribution in [0.2, 0.25) is 5.02 Å². The molecule has 0 heterocycles. The van der Waals surface area contributed by atoms with Crippen LogP contribution in [0.25, 0.3) is 0 Å². The van der Waals surface area contributed by atoms with E-state index in [1.807, 2.05) is 25.1 Å². The van der Waals surface area contributed by atoms with Gasteiger partial charge in [0.05, 0.1) is 0 Å². The second kappa shape index (κ2) is 4.71. The summed E-state index contributed by atoms with van der Waals surface area (Å²) in [6.07, 6.45) is 4.25. The van der Waals surface area contributed by atoms with Crippen LogP contribution >= 0.6 is 11.6 Å². The first-order valence-corrected chi connectivity index (χ1v) is 5.79. The molecule has 0 bridgehead atoms. The molecule has 0 saturated carbocycles. The molecular formula is C13H14ClNO. The summed E-state index contributed by atoms with van der Waals surface area (Å²) in [6, 6.07) is 5.70. The number of hydrogen-bond acceptors (Lipinski definition) is 2. The van der Waals surface area contributed by atoms with Gasteiger partial charge in [-0.2, -0.15) is 0 Å². The lowest BCUT2D eigenvalue weighted by molar-refractivity contribution is -0.115. The Kier molecular flexibility index (Phi) is 3.30. The number of carbonyl (C=O) groups excluding carboxylic acids is 1. The zero-order chi connectivity index (χ0) is 11.5. The van der Waals surface area contributed by atoms with Crippen molar-refractivity contribution >= 4 is 23.1 Å². The Labute approximate surface area is 100 Å². The monoisotopic (exact) mass is 235 g/mol. The molecule has 0 aliphatic heterocycles. The third-order valence-electron chi connectivity index (χ3n) is 2.69. The fourth-order valence-corrected chi connectivity index (χ4v) is 2.06. The second-order valence-electron chi connectivity index (χ2n) is 4.07. The molecule has 1 N–H and O–H groups in total. The van der Waals surface area contributed by atoms with E-state index in [9.17, 15) is 4.79 Å². The normalized spacial score (nSPS) is 15.9. The van der Waals surface area contributed by atoms with Gasteiger partial charge in [-0.05, 0) is 43.5 Å². The van der Waals surface area contributed by atoms with Gasteiger partial charge in [-0.1, -0.05) is 11.6 Å². The van der Waals surface area contributed by atoms with Crippen LogP contribution in [-0.2, 0) is 4.79 Å². The summed E-state index contributed by atoms with van der Waals surface area (Å²) in [5.74, 6) is 0.209. The van der Waals surface area contributed by atoms with Gasteiger partial charge in [-0.3, -0.25) is 4.79 Å². The number of carbonyl (C=O) groups is 1. The molecule has 0 radical (unpaired) electrons. The summed E-state index contributed by atoms with van der Waals surface area (Å²) >= 11 is 5.89. The molecule has 1 aliphatic carbocycles. The molecular weight excluding hydrogens is 222 g/mol. The van der Waals surface area contributed by atoms with E-state index in [4.69, 9.17) is 11.6 Å². The molecule has 1 aromatic carbocycles. The Morgan fingerprint density at radius 1 is 1.31 bits per heavy atom. The number of ketones is 1. The maximum atomic E-state index is 11.3. The number of nitrogens with one attached hydrogen (secondary N) is 1. The molecule has 0 unspecified atom stereocenters. The minimum Gasteiger partial charge on any atom is -0.359 e. The van der Waals surface area contributed by atoms with Gasteiger partial charge in [0, 0.05) is 28.9 Å². The third kappa shape index (κ3) is 2.64. The number of rotatable bonds is 2. The highest BCUT2D eigenvalue weighted by Gasteiger charge is 2.10. The van der Waals surface area contributed by atoms with Crippen LogP contribution in [0.5, 0.6) is 0 Å². The van der Waals surface area contributed by atoms with Crippen molar-refractivity contribution in [2.24, 2.45) is 0 Å². The van der Waals surface area contributed by atoms with Crippen molar-refractivity contribution in [3.05, 3.63) is 40.6 Å². The predicted molar refractivity (Wildman–Crippen MR) is 66.8 cm³/mol. The summed E-state index contributed by atoms with van der Waals surface area (Å²) in [6.45, 7) is 2.00. The van der Waals surface area contributed by atoms with Gasteiger partial charge >= 0.3 is 0 Å². The van der Waals surface area contributed by atoms with Crippen molar-refractivity contribution in [3.63, 3.8) is 0 Å². The Morgan fingerprint density at radius 3 is 2.81 bits per heavy atom. The fourth-order valence-electron chi connectivity index (χ4n) is 1.83. The molecule has 2 rings (SSSR count). The topological polar surface area (TPSA) is 29.1 Å². The van der Waals surface area contributed by atoms with Crippen LogP contribution in [0.4, 0.5) is 5.69 Å². The fraction of sp³-hybridized carbons (Fsp3) is 0.308. The number of aryl methyl sites for hydroxylation is 1. The highest BCUT2D eigenvalue weighted by atomic mass is 35.5. The van der Waals surface area contributed by atoms with Crippen LogP contribution in [0, 0.1) is 6.92 Å². The second-order valence-corrected chi connectivity index (χ2v) is 4.51. The number of allylic oxidation sites excluding steroid dienone is 2. The molecule has 1 aliphatic rings. The lowest BCUT2D eigenvalue weighted by Gasteiger charge is -2.16. The predicted octanol–water partition coefficient (Wildman–Crippen LogP) is 3.70. The Bertz CT molecular complexity index is 451. The van der Waals surface area contributed by atoms with E-state index < -0.39 is 0 Å². The number of halogens is 1. The smallest absolute Gasteiger partial charge is 0.157 e. The average molecular weight is 236 g/mol. The summed E-state index contributed by atoms with van der Waals surface area (Å²) in [7, 11) is 0. The van der Waals surface area contributed by atoms with Crippen LogP contribution < -0.4 is 5.32 Å². The van der Waals surface area contributed by atoms with Crippen molar-refractivity contribution in [2.75, 3.05) is 5.32 Å². The van der Waals surface area contributed by atoms with E-state index in [-0.39, 0.29) is 5.78 Å². The molecule has 0 fully saturated rings. The first-order chi connectivity index (χ1) is 7.65. The van der Waals surface area contributed by atoms with E-state index in [1.165, 1.54) is 0 Å². The average Bonchev–Trinajstić information content (AvgIpc) is 2.22. The minimum atomic E-state index is 0.209. The van der Waals surface area contributed by atoms with Gasteiger partial charge in [-0.15, -0.1) is 0 Å². The van der Waals surface area contributed by atoms with Crippen molar-refractivity contribution in [1.82, 2.24) is 0 Å². The first kappa shape index (κ1) is 11.2. The molecule has 0 saturated heterocycles.